The van der Waals surface area contributed by atoms with Crippen LogP contribution in [-0.2, 0) is 6.54 Å². The third kappa shape index (κ3) is 2.90. The first-order valence-corrected chi connectivity index (χ1v) is 6.80. The molecular weight excluding hydrogens is 302 g/mol. The van der Waals surface area contributed by atoms with Gasteiger partial charge in [-0.05, 0) is 35.9 Å². The zero-order valence-electron chi connectivity index (χ0n) is 10.2. The highest BCUT2D eigenvalue weighted by Crippen LogP contribution is 2.17. The Kier molecular flexibility index (Phi) is 3.42. The Hall–Kier alpha value is -1.94. The molecule has 0 atom stereocenters. The first-order valence-electron chi connectivity index (χ1n) is 6.00. The summed E-state index contributed by atoms with van der Waals surface area (Å²) >= 11 is 3.47. The van der Waals surface area contributed by atoms with Crippen LogP contribution in [0.4, 0.5) is 5.69 Å². The Morgan fingerprint density at radius 2 is 1.79 bits per heavy atom. The minimum absolute atomic E-state index is 0.783. The van der Waals surface area contributed by atoms with E-state index in [9.17, 15) is 0 Å². The van der Waals surface area contributed by atoms with Crippen LogP contribution in [-0.4, -0.2) is 9.97 Å². The Morgan fingerprint density at radius 3 is 2.63 bits per heavy atom. The topological polar surface area (TPSA) is 37.8 Å². The standard InChI is InChI=1S/C15H12BrN3/c16-12-3-1-2-11(8-12)10-19-13-4-5-14-15(9-13)18-7-6-17-14/h1-9,19H,10H2. The highest BCUT2D eigenvalue weighted by molar-refractivity contribution is 9.10. The Labute approximate surface area is 119 Å². The molecule has 0 saturated heterocycles. The van der Waals surface area contributed by atoms with Gasteiger partial charge in [0, 0.05) is 29.1 Å². The molecule has 2 aromatic carbocycles. The molecule has 1 N–H and O–H groups in total. The van der Waals surface area contributed by atoms with Crippen molar-refractivity contribution in [2.24, 2.45) is 0 Å². The molecule has 0 aliphatic heterocycles. The van der Waals surface area contributed by atoms with E-state index in [-0.39, 0.29) is 0 Å². The minimum atomic E-state index is 0.783. The second kappa shape index (κ2) is 5.36. The highest BCUT2D eigenvalue weighted by Gasteiger charge is 1.98. The van der Waals surface area contributed by atoms with Gasteiger partial charge in [-0.2, -0.15) is 0 Å². The van der Waals surface area contributed by atoms with E-state index in [1.165, 1.54) is 5.56 Å². The van der Waals surface area contributed by atoms with E-state index in [0.29, 0.717) is 0 Å². The Balaban J connectivity index is 1.78. The molecule has 0 amide bonds. The molecule has 0 unspecified atom stereocenters. The van der Waals surface area contributed by atoms with Crippen molar-refractivity contribution in [2.45, 2.75) is 6.54 Å². The summed E-state index contributed by atoms with van der Waals surface area (Å²) in [5, 5.41) is 3.39. The second-order valence-electron chi connectivity index (χ2n) is 4.24. The van der Waals surface area contributed by atoms with Crippen molar-refractivity contribution >= 4 is 32.7 Å². The van der Waals surface area contributed by atoms with Crippen LogP contribution < -0.4 is 5.32 Å². The van der Waals surface area contributed by atoms with Crippen LogP contribution >= 0.6 is 15.9 Å². The van der Waals surface area contributed by atoms with Gasteiger partial charge in [-0.15, -0.1) is 0 Å². The fourth-order valence-corrected chi connectivity index (χ4v) is 2.37. The van der Waals surface area contributed by atoms with Crippen LogP contribution in [0.25, 0.3) is 11.0 Å². The van der Waals surface area contributed by atoms with Gasteiger partial charge in [0.15, 0.2) is 0 Å². The molecule has 0 saturated carbocycles. The van der Waals surface area contributed by atoms with E-state index in [2.05, 4.69) is 43.3 Å². The summed E-state index contributed by atoms with van der Waals surface area (Å²) in [5.74, 6) is 0. The molecule has 1 aromatic heterocycles. The number of aromatic nitrogens is 2. The summed E-state index contributed by atoms with van der Waals surface area (Å²) in [6, 6.07) is 14.3. The first-order chi connectivity index (χ1) is 9.31. The van der Waals surface area contributed by atoms with Gasteiger partial charge in [0.2, 0.25) is 0 Å². The van der Waals surface area contributed by atoms with Gasteiger partial charge in [-0.25, -0.2) is 0 Å². The van der Waals surface area contributed by atoms with E-state index in [1.807, 2.05) is 30.3 Å². The lowest BCUT2D eigenvalue weighted by molar-refractivity contribution is 1.15. The number of nitrogens with one attached hydrogen (secondary N) is 1. The second-order valence-corrected chi connectivity index (χ2v) is 5.16. The van der Waals surface area contributed by atoms with Gasteiger partial charge >= 0.3 is 0 Å². The van der Waals surface area contributed by atoms with Gasteiger partial charge in [-0.1, -0.05) is 28.1 Å². The predicted octanol–water partition coefficient (Wildman–Crippen LogP) is 4.00. The zero-order chi connectivity index (χ0) is 13.1. The summed E-state index contributed by atoms with van der Waals surface area (Å²) in [6.45, 7) is 0.783. The summed E-state index contributed by atoms with van der Waals surface area (Å²) in [7, 11) is 0. The molecule has 0 bridgehead atoms. The molecule has 3 rings (SSSR count). The monoisotopic (exact) mass is 313 g/mol. The molecule has 0 radical (unpaired) electrons. The highest BCUT2D eigenvalue weighted by atomic mass is 79.9. The van der Waals surface area contributed by atoms with Gasteiger partial charge in [0.1, 0.15) is 0 Å². The summed E-state index contributed by atoms with van der Waals surface area (Å²) < 4.78 is 1.09. The normalized spacial score (nSPS) is 10.6. The quantitative estimate of drug-likeness (QED) is 0.794. The number of hydrogen-bond donors (Lipinski definition) is 1. The number of hydrogen-bond acceptors (Lipinski definition) is 3. The van der Waals surface area contributed by atoms with Crippen molar-refractivity contribution in [3.63, 3.8) is 0 Å². The molecule has 1 heterocycles. The maximum absolute atomic E-state index is 4.30. The molecule has 0 aliphatic rings. The van der Waals surface area contributed by atoms with Gasteiger partial charge in [0.05, 0.1) is 11.0 Å². The number of benzene rings is 2. The van der Waals surface area contributed by atoms with Crippen molar-refractivity contribution in [1.29, 1.82) is 0 Å². The van der Waals surface area contributed by atoms with E-state index < -0.39 is 0 Å². The summed E-state index contributed by atoms with van der Waals surface area (Å²) in [5.41, 5.74) is 4.10. The van der Waals surface area contributed by atoms with Crippen molar-refractivity contribution in [1.82, 2.24) is 9.97 Å². The SMILES string of the molecule is Brc1cccc(CNc2ccc3nccnc3c2)c1. The van der Waals surface area contributed by atoms with Crippen molar-refractivity contribution < 1.29 is 0 Å². The van der Waals surface area contributed by atoms with Gasteiger partial charge in [0.25, 0.3) is 0 Å². The maximum Gasteiger partial charge on any atom is 0.0907 e. The fraction of sp³-hybridized carbons (Fsp3) is 0.0667. The van der Waals surface area contributed by atoms with Crippen LogP contribution in [0.15, 0.2) is 59.3 Å². The number of anilines is 1. The molecule has 0 aliphatic carbocycles. The molecule has 0 fully saturated rings. The third-order valence-electron chi connectivity index (χ3n) is 2.85. The van der Waals surface area contributed by atoms with Crippen molar-refractivity contribution in [3.05, 3.63) is 64.9 Å². The smallest absolute Gasteiger partial charge is 0.0907 e. The van der Waals surface area contributed by atoms with Crippen LogP contribution in [0.5, 0.6) is 0 Å². The molecule has 4 heteroatoms. The number of halogens is 1. The van der Waals surface area contributed by atoms with Crippen LogP contribution in [0, 0.1) is 0 Å². The number of rotatable bonds is 3. The molecule has 94 valence electrons. The maximum atomic E-state index is 4.30. The summed E-state index contributed by atoms with van der Waals surface area (Å²) in [4.78, 5) is 8.56. The molecule has 3 nitrogen and oxygen atoms in total. The predicted molar refractivity (Wildman–Crippen MR) is 81.0 cm³/mol. The van der Waals surface area contributed by atoms with Crippen molar-refractivity contribution in [2.75, 3.05) is 5.32 Å². The largest absolute Gasteiger partial charge is 0.381 e. The van der Waals surface area contributed by atoms with Gasteiger partial charge < -0.3 is 5.32 Å². The molecule has 0 spiro atoms. The Bertz CT molecular complexity index is 712. The lowest BCUT2D eigenvalue weighted by Crippen LogP contribution is -1.99. The van der Waals surface area contributed by atoms with E-state index >= 15 is 0 Å². The van der Waals surface area contributed by atoms with E-state index in [1.54, 1.807) is 12.4 Å². The molecule has 3 aromatic rings. The number of nitrogens with zero attached hydrogens (tertiary/aromatic N) is 2. The fourth-order valence-electron chi connectivity index (χ4n) is 1.92. The molecular formula is C15H12BrN3. The third-order valence-corrected chi connectivity index (χ3v) is 3.35. The van der Waals surface area contributed by atoms with Crippen LogP contribution in [0.1, 0.15) is 5.56 Å². The first kappa shape index (κ1) is 12.1. The van der Waals surface area contributed by atoms with Crippen LogP contribution in [0.2, 0.25) is 0 Å². The average Bonchev–Trinajstić information content (AvgIpc) is 2.45. The lowest BCUT2D eigenvalue weighted by Gasteiger charge is -2.07. The van der Waals surface area contributed by atoms with Gasteiger partial charge in [-0.3, -0.25) is 9.97 Å². The van der Waals surface area contributed by atoms with Crippen molar-refractivity contribution in [3.8, 4) is 0 Å². The summed E-state index contributed by atoms with van der Waals surface area (Å²) in [6.07, 6.45) is 3.41. The Morgan fingerprint density at radius 1 is 0.947 bits per heavy atom. The van der Waals surface area contributed by atoms with E-state index in [0.717, 1.165) is 27.7 Å². The lowest BCUT2D eigenvalue weighted by atomic mass is 10.2. The van der Waals surface area contributed by atoms with Crippen LogP contribution in [0.3, 0.4) is 0 Å². The molecule has 19 heavy (non-hydrogen) atoms. The van der Waals surface area contributed by atoms with E-state index in [4.69, 9.17) is 0 Å². The zero-order valence-corrected chi connectivity index (χ0v) is 11.8. The average molecular weight is 314 g/mol. The minimum Gasteiger partial charge on any atom is -0.381 e. The number of fused-ring (bicyclic) bond motifs is 1.